The van der Waals surface area contributed by atoms with Crippen molar-refractivity contribution >= 4 is 5.91 Å². The van der Waals surface area contributed by atoms with Crippen LogP contribution >= 0.6 is 0 Å². The average molecular weight is 346 g/mol. The lowest BCUT2D eigenvalue weighted by molar-refractivity contribution is -0.144. The lowest BCUT2D eigenvalue weighted by Gasteiger charge is -2.50. The molecule has 1 aromatic rings. The quantitative estimate of drug-likeness (QED) is 0.859. The van der Waals surface area contributed by atoms with Crippen LogP contribution in [0.15, 0.2) is 24.3 Å². The third-order valence-corrected chi connectivity index (χ3v) is 5.78. The fraction of sp³-hybridized carbons (Fsp3) is 0.650. The summed E-state index contributed by atoms with van der Waals surface area (Å²) in [5, 5.41) is 3.24. The van der Waals surface area contributed by atoms with E-state index in [1.54, 1.807) is 7.11 Å². The van der Waals surface area contributed by atoms with Crippen LogP contribution in [0, 0.1) is 0 Å². The van der Waals surface area contributed by atoms with Gasteiger partial charge in [-0.1, -0.05) is 26.0 Å². The highest BCUT2D eigenvalue weighted by Crippen LogP contribution is 2.38. The van der Waals surface area contributed by atoms with E-state index < -0.39 is 0 Å². The number of methoxy groups -OCH3 is 1. The van der Waals surface area contributed by atoms with Crippen LogP contribution in [-0.2, 0) is 14.9 Å². The summed E-state index contributed by atoms with van der Waals surface area (Å²) in [6.07, 6.45) is 3.05. The summed E-state index contributed by atoms with van der Waals surface area (Å²) < 4.78 is 10.7. The van der Waals surface area contributed by atoms with Crippen molar-refractivity contribution in [1.82, 2.24) is 10.2 Å². The highest BCUT2D eigenvalue weighted by molar-refractivity contribution is 5.87. The average Bonchev–Trinajstić information content (AvgIpc) is 2.60. The zero-order valence-electron chi connectivity index (χ0n) is 15.6. The minimum Gasteiger partial charge on any atom is -0.497 e. The molecule has 1 heterocycles. The van der Waals surface area contributed by atoms with Crippen molar-refractivity contribution in [2.45, 2.75) is 44.1 Å². The van der Waals surface area contributed by atoms with Crippen LogP contribution < -0.4 is 10.1 Å². The van der Waals surface area contributed by atoms with Gasteiger partial charge in [-0.15, -0.1) is 0 Å². The zero-order chi connectivity index (χ0) is 17.9. The number of carbonyl (C=O) groups excluding carboxylic acids is 1. The number of nitrogens with one attached hydrogen (secondary N) is 1. The highest BCUT2D eigenvalue weighted by atomic mass is 16.5. The number of carbonyl (C=O) groups is 1. The monoisotopic (exact) mass is 346 g/mol. The molecule has 3 rings (SSSR count). The second-order valence-corrected chi connectivity index (χ2v) is 7.78. The van der Waals surface area contributed by atoms with E-state index in [0.29, 0.717) is 6.54 Å². The first-order valence-corrected chi connectivity index (χ1v) is 9.24. The Labute approximate surface area is 150 Å². The second-order valence-electron chi connectivity index (χ2n) is 7.78. The Morgan fingerprint density at radius 3 is 2.40 bits per heavy atom. The third-order valence-electron chi connectivity index (χ3n) is 5.78. The largest absolute Gasteiger partial charge is 0.497 e. The van der Waals surface area contributed by atoms with Gasteiger partial charge in [-0.25, -0.2) is 0 Å². The molecule has 2 fully saturated rings. The molecule has 0 atom stereocenters. The van der Waals surface area contributed by atoms with Crippen LogP contribution in [0.25, 0.3) is 0 Å². The summed E-state index contributed by atoms with van der Waals surface area (Å²) in [5.74, 6) is 1.03. The maximum Gasteiger partial charge on any atom is 0.240 e. The van der Waals surface area contributed by atoms with Gasteiger partial charge in [0.05, 0.1) is 20.3 Å². The Balaban J connectivity index is 1.63. The lowest BCUT2D eigenvalue weighted by Crippen LogP contribution is -2.65. The SMILES string of the molecule is COc1ccc(C(C)(C)CNC(=O)C2(N3CCOCC3)CCC2)cc1. The van der Waals surface area contributed by atoms with E-state index >= 15 is 0 Å². The van der Waals surface area contributed by atoms with Crippen LogP contribution in [0.1, 0.15) is 38.7 Å². The molecule has 1 aromatic carbocycles. The van der Waals surface area contributed by atoms with Gasteiger partial charge in [0.15, 0.2) is 0 Å². The normalized spacial score (nSPS) is 20.6. The summed E-state index contributed by atoms with van der Waals surface area (Å²) in [6.45, 7) is 8.13. The second kappa shape index (κ2) is 7.34. The molecule has 1 aliphatic carbocycles. The van der Waals surface area contributed by atoms with E-state index in [1.807, 2.05) is 12.1 Å². The van der Waals surface area contributed by atoms with Crippen molar-refractivity contribution in [3.8, 4) is 5.75 Å². The van der Waals surface area contributed by atoms with E-state index in [9.17, 15) is 4.79 Å². The molecule has 25 heavy (non-hydrogen) atoms. The number of hydrogen-bond donors (Lipinski definition) is 1. The Kier molecular flexibility index (Phi) is 5.35. The van der Waals surface area contributed by atoms with Crippen molar-refractivity contribution in [3.05, 3.63) is 29.8 Å². The highest BCUT2D eigenvalue weighted by Gasteiger charge is 2.49. The van der Waals surface area contributed by atoms with Gasteiger partial charge >= 0.3 is 0 Å². The molecule has 0 aromatic heterocycles. The molecular weight excluding hydrogens is 316 g/mol. The van der Waals surface area contributed by atoms with Crippen molar-refractivity contribution in [2.75, 3.05) is 40.0 Å². The van der Waals surface area contributed by atoms with Gasteiger partial charge < -0.3 is 14.8 Å². The fourth-order valence-corrected chi connectivity index (χ4v) is 3.80. The zero-order valence-corrected chi connectivity index (χ0v) is 15.6. The molecule has 5 nitrogen and oxygen atoms in total. The van der Waals surface area contributed by atoms with Gasteiger partial charge in [-0.05, 0) is 37.0 Å². The number of ether oxygens (including phenoxy) is 2. The Morgan fingerprint density at radius 2 is 1.88 bits per heavy atom. The molecule has 0 spiro atoms. The molecule has 5 heteroatoms. The number of rotatable bonds is 6. The maximum atomic E-state index is 13.0. The van der Waals surface area contributed by atoms with Crippen LogP contribution in [0.5, 0.6) is 5.75 Å². The Hall–Kier alpha value is -1.59. The topological polar surface area (TPSA) is 50.8 Å². The summed E-state index contributed by atoms with van der Waals surface area (Å²) in [5.41, 5.74) is 0.764. The van der Waals surface area contributed by atoms with E-state index in [4.69, 9.17) is 9.47 Å². The minimum atomic E-state index is -0.306. The first-order chi connectivity index (χ1) is 12.0. The van der Waals surface area contributed by atoms with Crippen LogP contribution in [0.2, 0.25) is 0 Å². The number of hydrogen-bond acceptors (Lipinski definition) is 4. The Bertz CT molecular complexity index is 587. The molecule has 138 valence electrons. The standard InChI is InChI=1S/C20H30N2O3/c1-19(2,16-5-7-17(24-3)8-6-16)15-21-18(23)20(9-4-10-20)22-11-13-25-14-12-22/h5-8H,4,9-15H2,1-3H3,(H,21,23). The Morgan fingerprint density at radius 1 is 1.24 bits per heavy atom. The summed E-state index contributed by atoms with van der Waals surface area (Å²) in [6, 6.07) is 8.10. The summed E-state index contributed by atoms with van der Waals surface area (Å²) >= 11 is 0. The lowest BCUT2D eigenvalue weighted by atomic mass is 9.74. The molecule has 0 bridgehead atoms. The third kappa shape index (κ3) is 3.67. The van der Waals surface area contributed by atoms with E-state index in [0.717, 1.165) is 51.3 Å². The molecule has 0 unspecified atom stereocenters. The first-order valence-electron chi connectivity index (χ1n) is 9.24. The van der Waals surface area contributed by atoms with E-state index in [-0.39, 0.29) is 16.9 Å². The molecule has 1 saturated heterocycles. The minimum absolute atomic E-state index is 0.127. The molecule has 1 N–H and O–H groups in total. The number of benzene rings is 1. The molecule has 1 amide bonds. The van der Waals surface area contributed by atoms with Gasteiger partial charge in [0, 0.05) is 25.0 Å². The van der Waals surface area contributed by atoms with Gasteiger partial charge in [-0.2, -0.15) is 0 Å². The number of nitrogens with zero attached hydrogens (tertiary/aromatic N) is 1. The van der Waals surface area contributed by atoms with Gasteiger partial charge in [0.2, 0.25) is 5.91 Å². The molecule has 0 radical (unpaired) electrons. The van der Waals surface area contributed by atoms with Gasteiger partial charge in [0.1, 0.15) is 11.3 Å². The van der Waals surface area contributed by atoms with E-state index in [2.05, 4.69) is 36.2 Å². The predicted molar refractivity (Wildman–Crippen MR) is 98.0 cm³/mol. The van der Waals surface area contributed by atoms with Gasteiger partial charge in [-0.3, -0.25) is 9.69 Å². The fourth-order valence-electron chi connectivity index (χ4n) is 3.80. The van der Waals surface area contributed by atoms with Crippen molar-refractivity contribution in [3.63, 3.8) is 0 Å². The number of amides is 1. The molecular formula is C20H30N2O3. The smallest absolute Gasteiger partial charge is 0.240 e. The summed E-state index contributed by atoms with van der Waals surface area (Å²) in [4.78, 5) is 15.3. The maximum absolute atomic E-state index is 13.0. The van der Waals surface area contributed by atoms with Crippen molar-refractivity contribution in [1.29, 1.82) is 0 Å². The molecule has 1 saturated carbocycles. The van der Waals surface area contributed by atoms with Crippen LogP contribution in [-0.4, -0.2) is 56.3 Å². The molecule has 2 aliphatic rings. The van der Waals surface area contributed by atoms with E-state index in [1.165, 1.54) is 5.56 Å². The molecule has 1 aliphatic heterocycles. The van der Waals surface area contributed by atoms with Crippen LogP contribution in [0.3, 0.4) is 0 Å². The first kappa shape index (κ1) is 18.2. The summed E-state index contributed by atoms with van der Waals surface area (Å²) in [7, 11) is 1.67. The predicted octanol–water partition coefficient (Wildman–Crippen LogP) is 2.34. The van der Waals surface area contributed by atoms with Gasteiger partial charge in [0.25, 0.3) is 0 Å². The number of morpholine rings is 1. The van der Waals surface area contributed by atoms with Crippen molar-refractivity contribution in [2.24, 2.45) is 0 Å². The van der Waals surface area contributed by atoms with Crippen molar-refractivity contribution < 1.29 is 14.3 Å². The van der Waals surface area contributed by atoms with Crippen LogP contribution in [0.4, 0.5) is 0 Å².